The fourth-order valence-corrected chi connectivity index (χ4v) is 5.03. The minimum Gasteiger partial charge on any atom is -0.468 e. The molecular weight excluding hydrogens is 323 g/mol. The van der Waals surface area contributed by atoms with E-state index < -0.39 is 21.9 Å². The lowest BCUT2D eigenvalue weighted by molar-refractivity contribution is -0.0434. The number of pyridine rings is 1. The van der Waals surface area contributed by atoms with Crippen LogP contribution in [-0.4, -0.2) is 54.9 Å². The number of ether oxygens (including phenoxy) is 2. The first kappa shape index (κ1) is 16.6. The van der Waals surface area contributed by atoms with Crippen molar-refractivity contribution < 1.29 is 22.3 Å². The number of fused-ring (bicyclic) bond motifs is 1. The van der Waals surface area contributed by atoms with Crippen LogP contribution in [0.5, 0.6) is 5.88 Å². The van der Waals surface area contributed by atoms with E-state index in [0.717, 1.165) is 12.8 Å². The lowest BCUT2D eigenvalue weighted by Gasteiger charge is -2.31. The highest BCUT2D eigenvalue weighted by Crippen LogP contribution is 2.33. The molecule has 0 N–H and O–H groups in total. The third kappa shape index (κ3) is 3.34. The molecule has 0 saturated carbocycles. The summed E-state index contributed by atoms with van der Waals surface area (Å²) < 4.78 is 51.6. The minimum atomic E-state index is -3.36. The van der Waals surface area contributed by atoms with Gasteiger partial charge in [0.05, 0.1) is 18.3 Å². The van der Waals surface area contributed by atoms with E-state index in [1.165, 1.54) is 22.6 Å². The zero-order chi connectivity index (χ0) is 16.4. The molecule has 128 valence electrons. The average Bonchev–Trinajstić information content (AvgIpc) is 2.89. The second-order valence-corrected chi connectivity index (χ2v) is 7.92. The second-order valence-electron chi connectivity index (χ2n) is 5.88. The largest absolute Gasteiger partial charge is 0.468 e. The molecule has 6 nitrogen and oxygen atoms in total. The number of halogens is 1. The Hall–Kier alpha value is -1.25. The summed E-state index contributed by atoms with van der Waals surface area (Å²) in [5.74, 6) is -0.573. The number of nitrogens with zero attached hydrogens (tertiary/aromatic N) is 2. The van der Waals surface area contributed by atoms with Crippen molar-refractivity contribution in [3.8, 4) is 5.88 Å². The van der Waals surface area contributed by atoms with Crippen molar-refractivity contribution >= 4 is 10.0 Å². The van der Waals surface area contributed by atoms with Crippen LogP contribution < -0.4 is 4.74 Å². The smallest absolute Gasteiger partial charge is 0.250 e. The van der Waals surface area contributed by atoms with Crippen LogP contribution in [0.25, 0.3) is 0 Å². The van der Waals surface area contributed by atoms with Crippen molar-refractivity contribution in [2.75, 3.05) is 18.9 Å². The summed E-state index contributed by atoms with van der Waals surface area (Å²) in [6.07, 6.45) is 2.62. The molecule has 0 unspecified atom stereocenters. The van der Waals surface area contributed by atoms with E-state index in [-0.39, 0.29) is 30.3 Å². The Morgan fingerprint density at radius 3 is 3.09 bits per heavy atom. The molecule has 23 heavy (non-hydrogen) atoms. The van der Waals surface area contributed by atoms with E-state index in [1.807, 2.05) is 6.92 Å². The average molecular weight is 344 g/mol. The molecule has 2 aliphatic rings. The van der Waals surface area contributed by atoms with Crippen LogP contribution in [0.15, 0.2) is 18.3 Å². The van der Waals surface area contributed by atoms with Crippen LogP contribution in [-0.2, 0) is 14.8 Å². The van der Waals surface area contributed by atoms with Crippen LogP contribution in [0.3, 0.4) is 0 Å². The molecular formula is C15H21FN2O4S. The molecule has 0 bridgehead atoms. The van der Waals surface area contributed by atoms with Crippen LogP contribution >= 0.6 is 0 Å². The maximum Gasteiger partial charge on any atom is 0.250 e. The highest BCUT2D eigenvalue weighted by molar-refractivity contribution is 7.89. The van der Waals surface area contributed by atoms with Crippen molar-refractivity contribution in [1.29, 1.82) is 0 Å². The standard InChI is InChI=1S/C15H21FN2O4S/c1-2-9-23(19,20)18-10-13(14-12(18)6-4-8-21-14)22-15-11(16)5-3-7-17-15/h3,5,7,12-14H,2,4,6,8-10H2,1H3/t12-,13-,14+/m1/s1. The van der Waals surface area contributed by atoms with E-state index in [0.29, 0.717) is 13.0 Å². The van der Waals surface area contributed by atoms with Gasteiger partial charge in [0.15, 0.2) is 5.82 Å². The van der Waals surface area contributed by atoms with Gasteiger partial charge in [-0.1, -0.05) is 6.92 Å². The predicted octanol–water partition coefficient (Wildman–Crippen LogP) is 1.57. The number of aromatic nitrogens is 1. The minimum absolute atomic E-state index is 0.0981. The fourth-order valence-electron chi connectivity index (χ4n) is 3.27. The topological polar surface area (TPSA) is 68.7 Å². The van der Waals surface area contributed by atoms with Crippen molar-refractivity contribution in [3.63, 3.8) is 0 Å². The first-order valence-electron chi connectivity index (χ1n) is 7.91. The Bertz CT molecular complexity index is 655. The fraction of sp³-hybridized carbons (Fsp3) is 0.667. The molecule has 0 radical (unpaired) electrons. The first-order valence-corrected chi connectivity index (χ1v) is 9.52. The van der Waals surface area contributed by atoms with Gasteiger partial charge in [-0.3, -0.25) is 0 Å². The molecule has 1 aromatic heterocycles. The normalized spacial score (nSPS) is 28.5. The van der Waals surface area contributed by atoms with E-state index in [4.69, 9.17) is 9.47 Å². The second kappa shape index (κ2) is 6.70. The highest BCUT2D eigenvalue weighted by Gasteiger charge is 2.50. The summed E-state index contributed by atoms with van der Waals surface area (Å²) in [7, 11) is -3.36. The molecule has 3 rings (SSSR count). The number of rotatable bonds is 5. The Labute approximate surface area is 135 Å². The molecule has 2 fully saturated rings. The Balaban J connectivity index is 1.83. The predicted molar refractivity (Wildman–Crippen MR) is 82.2 cm³/mol. The Morgan fingerprint density at radius 1 is 1.52 bits per heavy atom. The van der Waals surface area contributed by atoms with Crippen molar-refractivity contribution in [3.05, 3.63) is 24.1 Å². The molecule has 0 aromatic carbocycles. The molecule has 2 aliphatic heterocycles. The number of hydrogen-bond donors (Lipinski definition) is 0. The van der Waals surface area contributed by atoms with Gasteiger partial charge < -0.3 is 9.47 Å². The van der Waals surface area contributed by atoms with Crippen molar-refractivity contribution in [2.24, 2.45) is 0 Å². The number of sulfonamides is 1. The van der Waals surface area contributed by atoms with Gasteiger partial charge in [-0.2, -0.15) is 4.31 Å². The summed E-state index contributed by atoms with van der Waals surface area (Å²) in [5.41, 5.74) is 0. The summed E-state index contributed by atoms with van der Waals surface area (Å²) >= 11 is 0. The van der Waals surface area contributed by atoms with Crippen LogP contribution in [0.2, 0.25) is 0 Å². The van der Waals surface area contributed by atoms with Gasteiger partial charge in [-0.25, -0.2) is 17.8 Å². The molecule has 3 heterocycles. The van der Waals surface area contributed by atoms with Gasteiger partial charge in [0.2, 0.25) is 10.0 Å². The molecule has 0 spiro atoms. The molecule has 3 atom stereocenters. The first-order chi connectivity index (χ1) is 11.0. The van der Waals surface area contributed by atoms with Crippen LogP contribution in [0, 0.1) is 5.82 Å². The van der Waals surface area contributed by atoms with E-state index in [2.05, 4.69) is 4.98 Å². The zero-order valence-electron chi connectivity index (χ0n) is 13.0. The van der Waals surface area contributed by atoms with E-state index in [9.17, 15) is 12.8 Å². The molecule has 1 aromatic rings. The maximum atomic E-state index is 13.8. The van der Waals surface area contributed by atoms with Gasteiger partial charge in [-0.15, -0.1) is 0 Å². The quantitative estimate of drug-likeness (QED) is 0.811. The molecule has 8 heteroatoms. The van der Waals surface area contributed by atoms with Gasteiger partial charge in [-0.05, 0) is 31.4 Å². The van der Waals surface area contributed by atoms with Crippen LogP contribution in [0.1, 0.15) is 26.2 Å². The summed E-state index contributed by atoms with van der Waals surface area (Å²) in [4.78, 5) is 3.88. The molecule has 2 saturated heterocycles. The maximum absolute atomic E-state index is 13.8. The van der Waals surface area contributed by atoms with Gasteiger partial charge in [0.25, 0.3) is 5.88 Å². The zero-order valence-corrected chi connectivity index (χ0v) is 13.8. The third-order valence-electron chi connectivity index (χ3n) is 4.24. The molecule has 0 aliphatic carbocycles. The van der Waals surface area contributed by atoms with Crippen LogP contribution in [0.4, 0.5) is 4.39 Å². The monoisotopic (exact) mass is 344 g/mol. The Morgan fingerprint density at radius 2 is 2.35 bits per heavy atom. The molecule has 0 amide bonds. The summed E-state index contributed by atoms with van der Waals surface area (Å²) in [5, 5.41) is 0. The van der Waals surface area contributed by atoms with Crippen molar-refractivity contribution in [2.45, 2.75) is 44.4 Å². The third-order valence-corrected chi connectivity index (χ3v) is 6.30. The van der Waals surface area contributed by atoms with Gasteiger partial charge >= 0.3 is 0 Å². The van der Waals surface area contributed by atoms with Gasteiger partial charge in [0.1, 0.15) is 12.2 Å². The number of hydrogen-bond acceptors (Lipinski definition) is 5. The summed E-state index contributed by atoms with van der Waals surface area (Å²) in [6, 6.07) is 2.51. The van der Waals surface area contributed by atoms with E-state index in [1.54, 1.807) is 0 Å². The van der Waals surface area contributed by atoms with Gasteiger partial charge in [0, 0.05) is 12.8 Å². The highest BCUT2D eigenvalue weighted by atomic mass is 32.2. The lowest BCUT2D eigenvalue weighted by Crippen LogP contribution is -2.44. The van der Waals surface area contributed by atoms with E-state index >= 15 is 0 Å². The SMILES string of the molecule is CCCS(=O)(=O)N1C[C@@H](Oc2ncccc2F)[C@H]2OCCC[C@H]21. The Kier molecular flexibility index (Phi) is 4.84. The lowest BCUT2D eigenvalue weighted by atomic mass is 10.0. The van der Waals surface area contributed by atoms with Crippen molar-refractivity contribution in [1.82, 2.24) is 9.29 Å². The summed E-state index contributed by atoms with van der Waals surface area (Å²) in [6.45, 7) is 2.57.